The van der Waals surface area contributed by atoms with Gasteiger partial charge in [-0.15, -0.1) is 11.3 Å². The molecule has 7 heteroatoms. The third-order valence-corrected chi connectivity index (χ3v) is 5.59. The van der Waals surface area contributed by atoms with Crippen molar-refractivity contribution in [3.05, 3.63) is 63.3 Å². The van der Waals surface area contributed by atoms with Gasteiger partial charge in [-0.2, -0.15) is 5.10 Å². The van der Waals surface area contributed by atoms with Gasteiger partial charge in [-0.3, -0.25) is 9.59 Å². The summed E-state index contributed by atoms with van der Waals surface area (Å²) in [4.78, 5) is 28.8. The number of methoxy groups -OCH3 is 1. The van der Waals surface area contributed by atoms with Crippen molar-refractivity contribution in [1.82, 2.24) is 9.99 Å². The third-order valence-electron chi connectivity index (χ3n) is 4.75. The number of aromatic nitrogens is 1. The zero-order valence-corrected chi connectivity index (χ0v) is 15.9. The number of thiophene rings is 1. The maximum absolute atomic E-state index is 12.5. The Labute approximate surface area is 160 Å². The number of hydrazone groups is 1. The Kier molecular flexibility index (Phi) is 4.53. The number of hydrogen-bond donors (Lipinski definition) is 1. The molecule has 1 unspecified atom stereocenters. The maximum Gasteiger partial charge on any atom is 0.258 e. The number of pyridine rings is 1. The van der Waals surface area contributed by atoms with Gasteiger partial charge in [0, 0.05) is 18.2 Å². The van der Waals surface area contributed by atoms with Crippen LogP contribution in [0, 0.1) is 0 Å². The first kappa shape index (κ1) is 17.5. The van der Waals surface area contributed by atoms with E-state index in [1.165, 1.54) is 16.3 Å². The third kappa shape index (κ3) is 3.14. The summed E-state index contributed by atoms with van der Waals surface area (Å²) in [5, 5.41) is 8.95. The lowest BCUT2D eigenvalue weighted by Gasteiger charge is -2.21. The van der Waals surface area contributed by atoms with E-state index in [9.17, 15) is 9.59 Å². The van der Waals surface area contributed by atoms with Crippen LogP contribution in [0.2, 0.25) is 0 Å². The minimum absolute atomic E-state index is 0.0705. The number of rotatable bonds is 4. The van der Waals surface area contributed by atoms with Gasteiger partial charge in [0.15, 0.2) is 0 Å². The standard InChI is InChI=1S/C20H19N3O3S/c1-3-18(24)23-17(12-4-6-14(26-2)7-5-12)11-16(22-23)15-10-13-8-9-27-20(13)21-19(15)25/h4-10,17H,3,11H2,1-2H3,(H,21,25). The predicted octanol–water partition coefficient (Wildman–Crippen LogP) is 3.69. The quantitative estimate of drug-likeness (QED) is 0.749. The van der Waals surface area contributed by atoms with E-state index < -0.39 is 0 Å². The van der Waals surface area contributed by atoms with Crippen molar-refractivity contribution < 1.29 is 9.53 Å². The molecule has 4 rings (SSSR count). The monoisotopic (exact) mass is 381 g/mol. The molecule has 0 saturated heterocycles. The highest BCUT2D eigenvalue weighted by Crippen LogP contribution is 2.34. The Morgan fingerprint density at radius 3 is 2.81 bits per heavy atom. The average molecular weight is 381 g/mol. The zero-order chi connectivity index (χ0) is 19.0. The van der Waals surface area contributed by atoms with Crippen LogP contribution < -0.4 is 10.3 Å². The fourth-order valence-electron chi connectivity index (χ4n) is 3.29. The van der Waals surface area contributed by atoms with Gasteiger partial charge in [0.1, 0.15) is 10.6 Å². The van der Waals surface area contributed by atoms with Gasteiger partial charge in [-0.1, -0.05) is 19.1 Å². The molecule has 0 fully saturated rings. The second-order valence-corrected chi connectivity index (χ2v) is 7.26. The maximum atomic E-state index is 12.5. The number of aromatic amines is 1. The van der Waals surface area contributed by atoms with Crippen LogP contribution in [0.1, 0.15) is 36.9 Å². The van der Waals surface area contributed by atoms with Crippen LogP contribution in [-0.4, -0.2) is 28.7 Å². The first-order chi connectivity index (χ1) is 13.1. The van der Waals surface area contributed by atoms with E-state index in [0.29, 0.717) is 24.1 Å². The summed E-state index contributed by atoms with van der Waals surface area (Å²) in [6.45, 7) is 1.81. The number of benzene rings is 1. The smallest absolute Gasteiger partial charge is 0.258 e. The second-order valence-electron chi connectivity index (χ2n) is 6.35. The molecule has 6 nitrogen and oxygen atoms in total. The molecule has 1 aliphatic rings. The fourth-order valence-corrected chi connectivity index (χ4v) is 4.06. The molecule has 0 radical (unpaired) electrons. The van der Waals surface area contributed by atoms with E-state index in [1.807, 2.05) is 48.7 Å². The Hall–Kier alpha value is -2.93. The van der Waals surface area contributed by atoms with Crippen LogP contribution in [0.15, 0.2) is 51.7 Å². The van der Waals surface area contributed by atoms with Gasteiger partial charge in [0.2, 0.25) is 5.91 Å². The van der Waals surface area contributed by atoms with Gasteiger partial charge in [0.25, 0.3) is 5.56 Å². The number of nitrogens with zero attached hydrogens (tertiary/aromatic N) is 2. The molecule has 3 aromatic rings. The van der Waals surface area contributed by atoms with Crippen LogP contribution in [0.4, 0.5) is 0 Å². The first-order valence-corrected chi connectivity index (χ1v) is 9.63. The summed E-state index contributed by atoms with van der Waals surface area (Å²) in [5.41, 5.74) is 1.94. The van der Waals surface area contributed by atoms with Gasteiger partial charge < -0.3 is 9.72 Å². The number of carbonyl (C=O) groups excluding carboxylic acids is 1. The van der Waals surface area contributed by atoms with Crippen LogP contribution in [0.5, 0.6) is 5.75 Å². The molecule has 1 aliphatic heterocycles. The van der Waals surface area contributed by atoms with Gasteiger partial charge in [-0.05, 0) is 35.2 Å². The first-order valence-electron chi connectivity index (χ1n) is 8.75. The molecule has 0 saturated carbocycles. The lowest BCUT2D eigenvalue weighted by Crippen LogP contribution is -2.26. The van der Waals surface area contributed by atoms with Crippen LogP contribution >= 0.6 is 11.3 Å². The van der Waals surface area contributed by atoms with E-state index in [1.54, 1.807) is 7.11 Å². The van der Waals surface area contributed by atoms with Gasteiger partial charge in [0.05, 0.1) is 24.4 Å². The van der Waals surface area contributed by atoms with E-state index in [0.717, 1.165) is 21.5 Å². The number of carbonyl (C=O) groups is 1. The minimum atomic E-state index is -0.226. The van der Waals surface area contributed by atoms with Crippen LogP contribution in [0.3, 0.4) is 0 Å². The van der Waals surface area contributed by atoms with Crippen molar-refractivity contribution in [1.29, 1.82) is 0 Å². The van der Waals surface area contributed by atoms with Gasteiger partial charge in [-0.25, -0.2) is 5.01 Å². The number of hydrogen-bond acceptors (Lipinski definition) is 5. The SMILES string of the molecule is CCC(=O)N1N=C(c2cc3ccsc3[nH]c2=O)CC1c1ccc(OC)cc1. The molecule has 27 heavy (non-hydrogen) atoms. The summed E-state index contributed by atoms with van der Waals surface area (Å²) in [6.07, 6.45) is 0.847. The number of amides is 1. The normalized spacial score (nSPS) is 16.6. The molecule has 1 amide bonds. The van der Waals surface area contributed by atoms with Gasteiger partial charge >= 0.3 is 0 Å². The molecule has 0 bridgehead atoms. The van der Waals surface area contributed by atoms with Crippen LogP contribution in [0.25, 0.3) is 10.2 Å². The van der Waals surface area contributed by atoms with E-state index in [4.69, 9.17) is 4.74 Å². The molecule has 1 atom stereocenters. The summed E-state index contributed by atoms with van der Waals surface area (Å²) in [5.74, 6) is 0.685. The Morgan fingerprint density at radius 1 is 1.33 bits per heavy atom. The fraction of sp³-hybridized carbons (Fsp3) is 0.250. The largest absolute Gasteiger partial charge is 0.497 e. The average Bonchev–Trinajstić information content (AvgIpc) is 3.33. The number of H-pyrrole nitrogens is 1. The molecule has 138 valence electrons. The summed E-state index contributed by atoms with van der Waals surface area (Å²) >= 11 is 1.49. The lowest BCUT2D eigenvalue weighted by molar-refractivity contribution is -0.132. The van der Waals surface area contributed by atoms with E-state index >= 15 is 0 Å². The Balaban J connectivity index is 1.74. The highest BCUT2D eigenvalue weighted by atomic mass is 32.1. The molecule has 0 aliphatic carbocycles. The van der Waals surface area contributed by atoms with Crippen molar-refractivity contribution >= 4 is 33.2 Å². The lowest BCUT2D eigenvalue weighted by atomic mass is 9.98. The second kappa shape index (κ2) is 7.00. The number of fused-ring (bicyclic) bond motifs is 1. The topological polar surface area (TPSA) is 74.8 Å². The van der Waals surface area contributed by atoms with Crippen molar-refractivity contribution in [3.63, 3.8) is 0 Å². The molecule has 1 aromatic carbocycles. The Bertz CT molecular complexity index is 1080. The summed E-state index contributed by atoms with van der Waals surface area (Å²) in [6, 6.07) is 11.2. The van der Waals surface area contributed by atoms with E-state index in [2.05, 4.69) is 10.1 Å². The molecule has 1 N–H and O–H groups in total. The van der Waals surface area contributed by atoms with Crippen molar-refractivity contribution in [2.45, 2.75) is 25.8 Å². The molecule has 0 spiro atoms. The molecular weight excluding hydrogens is 362 g/mol. The van der Waals surface area contributed by atoms with Crippen molar-refractivity contribution in [2.24, 2.45) is 5.10 Å². The summed E-state index contributed by atoms with van der Waals surface area (Å²) in [7, 11) is 1.62. The molecule has 2 aromatic heterocycles. The van der Waals surface area contributed by atoms with Crippen LogP contribution in [-0.2, 0) is 4.79 Å². The van der Waals surface area contributed by atoms with E-state index in [-0.39, 0.29) is 17.5 Å². The zero-order valence-electron chi connectivity index (χ0n) is 15.1. The predicted molar refractivity (Wildman–Crippen MR) is 106 cm³/mol. The summed E-state index contributed by atoms with van der Waals surface area (Å²) < 4.78 is 5.21. The Morgan fingerprint density at radius 2 is 2.11 bits per heavy atom. The molecular formula is C20H19N3O3S. The molecule has 3 heterocycles. The van der Waals surface area contributed by atoms with Crippen molar-refractivity contribution in [3.8, 4) is 5.75 Å². The number of nitrogens with one attached hydrogen (secondary N) is 1. The highest BCUT2D eigenvalue weighted by Gasteiger charge is 2.33. The number of ether oxygens (including phenoxy) is 1. The van der Waals surface area contributed by atoms with Crippen molar-refractivity contribution in [2.75, 3.05) is 7.11 Å². The minimum Gasteiger partial charge on any atom is -0.497 e. The highest BCUT2D eigenvalue weighted by molar-refractivity contribution is 7.16.